The van der Waals surface area contributed by atoms with Crippen LogP contribution in [0.5, 0.6) is 0 Å². The molecule has 3 nitrogen and oxygen atoms in total. The lowest BCUT2D eigenvalue weighted by molar-refractivity contribution is -0.117. The largest absolute Gasteiger partial charge is 0.323 e. The Morgan fingerprint density at radius 2 is 1.89 bits per heavy atom. The second-order valence-electron chi connectivity index (χ2n) is 4.00. The Morgan fingerprint density at radius 3 is 2.58 bits per heavy atom. The molecule has 0 bridgehead atoms. The SMILES string of the molecule is NC(C(=O)Nc1cc(F)ccc1Cl)c1ccccc1. The molecule has 2 aromatic carbocycles. The van der Waals surface area contributed by atoms with Gasteiger partial charge in [0.2, 0.25) is 5.91 Å². The third-order valence-corrected chi connectivity index (χ3v) is 2.96. The summed E-state index contributed by atoms with van der Waals surface area (Å²) in [5.74, 6) is -0.924. The van der Waals surface area contributed by atoms with Crippen LogP contribution < -0.4 is 11.1 Å². The number of benzene rings is 2. The molecular formula is C14H12ClFN2O. The molecule has 0 saturated heterocycles. The van der Waals surface area contributed by atoms with Crippen molar-refractivity contribution in [3.05, 3.63) is 64.9 Å². The Morgan fingerprint density at radius 1 is 1.21 bits per heavy atom. The van der Waals surface area contributed by atoms with Crippen molar-refractivity contribution in [3.8, 4) is 0 Å². The zero-order chi connectivity index (χ0) is 13.8. The van der Waals surface area contributed by atoms with Crippen molar-refractivity contribution in [2.45, 2.75) is 6.04 Å². The molecule has 1 atom stereocenters. The maximum absolute atomic E-state index is 13.1. The van der Waals surface area contributed by atoms with E-state index in [-0.39, 0.29) is 10.7 Å². The zero-order valence-corrected chi connectivity index (χ0v) is 10.7. The molecule has 98 valence electrons. The van der Waals surface area contributed by atoms with Crippen LogP contribution in [0.3, 0.4) is 0 Å². The van der Waals surface area contributed by atoms with E-state index in [1.54, 1.807) is 24.3 Å². The lowest BCUT2D eigenvalue weighted by Gasteiger charge is -2.13. The van der Waals surface area contributed by atoms with Crippen molar-refractivity contribution in [2.24, 2.45) is 5.73 Å². The van der Waals surface area contributed by atoms with E-state index < -0.39 is 17.8 Å². The number of carbonyl (C=O) groups is 1. The van der Waals surface area contributed by atoms with E-state index in [0.29, 0.717) is 5.56 Å². The number of nitrogens with one attached hydrogen (secondary N) is 1. The monoisotopic (exact) mass is 278 g/mol. The van der Waals surface area contributed by atoms with Gasteiger partial charge in [0.1, 0.15) is 11.9 Å². The predicted octanol–water partition coefficient (Wildman–Crippen LogP) is 3.12. The first-order valence-corrected chi connectivity index (χ1v) is 6.02. The number of halogens is 2. The van der Waals surface area contributed by atoms with Gasteiger partial charge in [0.15, 0.2) is 0 Å². The Kier molecular flexibility index (Phi) is 4.14. The molecule has 0 aromatic heterocycles. The zero-order valence-electron chi connectivity index (χ0n) is 9.94. The first-order chi connectivity index (χ1) is 9.08. The van der Waals surface area contributed by atoms with Gasteiger partial charge < -0.3 is 11.1 Å². The predicted molar refractivity (Wildman–Crippen MR) is 73.4 cm³/mol. The number of nitrogens with two attached hydrogens (primary N) is 1. The highest BCUT2D eigenvalue weighted by Crippen LogP contribution is 2.23. The summed E-state index contributed by atoms with van der Waals surface area (Å²) in [7, 11) is 0. The van der Waals surface area contributed by atoms with Gasteiger partial charge in [-0.25, -0.2) is 4.39 Å². The molecule has 3 N–H and O–H groups in total. The number of hydrogen-bond donors (Lipinski definition) is 2. The summed E-state index contributed by atoms with van der Waals surface area (Å²) >= 11 is 5.87. The fraction of sp³-hybridized carbons (Fsp3) is 0.0714. The Bertz CT molecular complexity index is 589. The van der Waals surface area contributed by atoms with E-state index in [4.69, 9.17) is 17.3 Å². The summed E-state index contributed by atoms with van der Waals surface area (Å²) < 4.78 is 13.1. The van der Waals surface area contributed by atoms with E-state index in [9.17, 15) is 9.18 Å². The van der Waals surface area contributed by atoms with Gasteiger partial charge in [-0.2, -0.15) is 0 Å². The number of rotatable bonds is 3. The van der Waals surface area contributed by atoms with Crippen LogP contribution in [0.2, 0.25) is 5.02 Å². The normalized spacial score (nSPS) is 11.9. The third-order valence-electron chi connectivity index (χ3n) is 2.63. The van der Waals surface area contributed by atoms with E-state index in [1.165, 1.54) is 12.1 Å². The quantitative estimate of drug-likeness (QED) is 0.906. The van der Waals surface area contributed by atoms with Crippen LogP contribution in [0, 0.1) is 5.82 Å². The average Bonchev–Trinajstić information content (AvgIpc) is 2.43. The Balaban J connectivity index is 2.15. The molecule has 5 heteroatoms. The summed E-state index contributed by atoms with van der Waals surface area (Å²) in [6, 6.07) is 11.8. The molecule has 0 fully saturated rings. The highest BCUT2D eigenvalue weighted by atomic mass is 35.5. The average molecular weight is 279 g/mol. The molecule has 0 aliphatic heterocycles. The standard InChI is InChI=1S/C14H12ClFN2O/c15-11-7-6-10(16)8-12(11)18-14(19)13(17)9-4-2-1-3-5-9/h1-8,13H,17H2,(H,18,19). The fourth-order valence-electron chi connectivity index (χ4n) is 1.62. The second-order valence-corrected chi connectivity index (χ2v) is 4.41. The molecule has 19 heavy (non-hydrogen) atoms. The van der Waals surface area contributed by atoms with Crippen molar-refractivity contribution in [3.63, 3.8) is 0 Å². The molecule has 0 saturated carbocycles. The van der Waals surface area contributed by atoms with Gasteiger partial charge in [0.25, 0.3) is 0 Å². The van der Waals surface area contributed by atoms with Gasteiger partial charge in [-0.1, -0.05) is 41.9 Å². The highest BCUT2D eigenvalue weighted by molar-refractivity contribution is 6.33. The van der Waals surface area contributed by atoms with Gasteiger partial charge in [-0.3, -0.25) is 4.79 Å². The summed E-state index contributed by atoms with van der Waals surface area (Å²) in [5, 5.41) is 2.77. The van der Waals surface area contributed by atoms with Crippen molar-refractivity contribution < 1.29 is 9.18 Å². The maximum atomic E-state index is 13.1. The number of anilines is 1. The van der Waals surface area contributed by atoms with Gasteiger partial charge in [0, 0.05) is 0 Å². The smallest absolute Gasteiger partial charge is 0.245 e. The van der Waals surface area contributed by atoms with Gasteiger partial charge in [0.05, 0.1) is 10.7 Å². The second kappa shape index (κ2) is 5.82. The van der Waals surface area contributed by atoms with E-state index in [1.807, 2.05) is 6.07 Å². The molecule has 0 radical (unpaired) electrons. The van der Waals surface area contributed by atoms with Gasteiger partial charge >= 0.3 is 0 Å². The lowest BCUT2D eigenvalue weighted by atomic mass is 10.1. The molecule has 0 heterocycles. The number of carbonyl (C=O) groups excluding carboxylic acids is 1. The molecule has 0 aliphatic rings. The topological polar surface area (TPSA) is 55.1 Å². The van der Waals surface area contributed by atoms with Crippen molar-refractivity contribution in [2.75, 3.05) is 5.32 Å². The number of hydrogen-bond acceptors (Lipinski definition) is 2. The van der Waals surface area contributed by atoms with E-state index >= 15 is 0 Å². The molecule has 1 unspecified atom stereocenters. The Labute approximate surface area is 115 Å². The summed E-state index contributed by atoms with van der Waals surface area (Å²) in [6.07, 6.45) is 0. The van der Waals surface area contributed by atoms with Crippen LogP contribution in [0.25, 0.3) is 0 Å². The van der Waals surface area contributed by atoms with Crippen LogP contribution in [0.4, 0.5) is 10.1 Å². The van der Waals surface area contributed by atoms with E-state index in [0.717, 1.165) is 6.07 Å². The highest BCUT2D eigenvalue weighted by Gasteiger charge is 2.16. The molecule has 2 aromatic rings. The summed E-state index contributed by atoms with van der Waals surface area (Å²) in [6.45, 7) is 0. The Hall–Kier alpha value is -1.91. The van der Waals surface area contributed by atoms with Gasteiger partial charge in [-0.05, 0) is 23.8 Å². The van der Waals surface area contributed by atoms with E-state index in [2.05, 4.69) is 5.32 Å². The molecule has 1 amide bonds. The third kappa shape index (κ3) is 3.30. The van der Waals surface area contributed by atoms with Gasteiger partial charge in [-0.15, -0.1) is 0 Å². The van der Waals surface area contributed by atoms with Crippen LogP contribution in [0.15, 0.2) is 48.5 Å². The summed E-state index contributed by atoms with van der Waals surface area (Å²) in [4.78, 5) is 12.0. The molecule has 0 aliphatic carbocycles. The first-order valence-electron chi connectivity index (χ1n) is 5.64. The van der Waals surface area contributed by atoms with Crippen molar-refractivity contribution in [1.29, 1.82) is 0 Å². The van der Waals surface area contributed by atoms with Crippen molar-refractivity contribution in [1.82, 2.24) is 0 Å². The number of amides is 1. The van der Waals surface area contributed by atoms with Crippen LogP contribution >= 0.6 is 11.6 Å². The molecular weight excluding hydrogens is 267 g/mol. The molecule has 0 spiro atoms. The lowest BCUT2D eigenvalue weighted by Crippen LogP contribution is -2.27. The minimum atomic E-state index is -0.833. The molecule has 2 rings (SSSR count). The van der Waals surface area contributed by atoms with Crippen molar-refractivity contribution >= 4 is 23.2 Å². The summed E-state index contributed by atoms with van der Waals surface area (Å²) in [5.41, 5.74) is 6.71. The minimum Gasteiger partial charge on any atom is -0.323 e. The van der Waals surface area contributed by atoms with Crippen LogP contribution in [0.1, 0.15) is 11.6 Å². The van der Waals surface area contributed by atoms with Crippen LogP contribution in [-0.2, 0) is 4.79 Å². The minimum absolute atomic E-state index is 0.207. The van der Waals surface area contributed by atoms with Crippen LogP contribution in [-0.4, -0.2) is 5.91 Å². The fourth-order valence-corrected chi connectivity index (χ4v) is 1.78. The maximum Gasteiger partial charge on any atom is 0.245 e. The first kappa shape index (κ1) is 13.5.